The highest BCUT2D eigenvalue weighted by molar-refractivity contribution is 7.16. The van der Waals surface area contributed by atoms with Gasteiger partial charge in [0.2, 0.25) is 5.91 Å². The second-order valence-corrected chi connectivity index (χ2v) is 8.17. The lowest BCUT2D eigenvalue weighted by molar-refractivity contribution is -0.119. The zero-order valence-electron chi connectivity index (χ0n) is 17.3. The highest BCUT2D eigenvalue weighted by Crippen LogP contribution is 2.36. The summed E-state index contributed by atoms with van der Waals surface area (Å²) in [6.45, 7) is 3.18. The van der Waals surface area contributed by atoms with Crippen LogP contribution in [0.3, 0.4) is 0 Å². The first kappa shape index (κ1) is 21.6. The molecule has 30 heavy (non-hydrogen) atoms. The van der Waals surface area contributed by atoms with Crippen molar-refractivity contribution in [2.75, 3.05) is 31.5 Å². The molecule has 0 saturated heterocycles. The van der Waals surface area contributed by atoms with Gasteiger partial charge in [-0.25, -0.2) is 4.79 Å². The number of carbonyl (C=O) groups is 3. The third-order valence-electron chi connectivity index (χ3n) is 4.79. The van der Waals surface area contributed by atoms with Gasteiger partial charge in [0.1, 0.15) is 16.5 Å². The standard InChI is InChI=1S/C21H24N2O6S/c1-11-12(2)30-20(23-19(25)13-5-6-13)18(11)21(26)29-10-17(24)22-15-8-7-14(27-3)9-16(15)28-4/h7-9,13H,5-6,10H2,1-4H3,(H,22,24)(H,23,25). The van der Waals surface area contributed by atoms with Gasteiger partial charge in [-0.1, -0.05) is 0 Å². The number of esters is 1. The number of anilines is 2. The van der Waals surface area contributed by atoms with Crippen LogP contribution in [-0.2, 0) is 14.3 Å². The number of methoxy groups -OCH3 is 2. The second kappa shape index (κ2) is 9.17. The molecule has 9 heteroatoms. The summed E-state index contributed by atoms with van der Waals surface area (Å²) < 4.78 is 15.6. The quantitative estimate of drug-likeness (QED) is 0.619. The molecule has 0 bridgehead atoms. The summed E-state index contributed by atoms with van der Waals surface area (Å²) in [6.07, 6.45) is 1.73. The van der Waals surface area contributed by atoms with E-state index in [-0.39, 0.29) is 11.8 Å². The molecule has 2 N–H and O–H groups in total. The molecule has 0 spiro atoms. The predicted octanol–water partition coefficient (Wildman–Crippen LogP) is 3.53. The summed E-state index contributed by atoms with van der Waals surface area (Å²) in [5, 5.41) is 5.93. The third kappa shape index (κ3) is 4.91. The molecular weight excluding hydrogens is 408 g/mol. The van der Waals surface area contributed by atoms with Gasteiger partial charge in [-0.2, -0.15) is 0 Å². The lowest BCUT2D eigenvalue weighted by Crippen LogP contribution is -2.22. The van der Waals surface area contributed by atoms with E-state index >= 15 is 0 Å². The van der Waals surface area contributed by atoms with Crippen molar-refractivity contribution in [3.63, 3.8) is 0 Å². The lowest BCUT2D eigenvalue weighted by atomic mass is 10.1. The number of aryl methyl sites for hydroxylation is 1. The molecule has 1 heterocycles. The zero-order valence-corrected chi connectivity index (χ0v) is 18.1. The van der Waals surface area contributed by atoms with Gasteiger partial charge in [0.15, 0.2) is 6.61 Å². The maximum atomic E-state index is 12.6. The molecule has 0 radical (unpaired) electrons. The Bertz CT molecular complexity index is 980. The first-order valence-corrected chi connectivity index (χ1v) is 10.3. The van der Waals surface area contributed by atoms with Crippen molar-refractivity contribution in [3.8, 4) is 11.5 Å². The van der Waals surface area contributed by atoms with Crippen molar-refractivity contribution in [1.82, 2.24) is 0 Å². The number of benzene rings is 1. The van der Waals surface area contributed by atoms with Gasteiger partial charge in [0.05, 0.1) is 25.5 Å². The van der Waals surface area contributed by atoms with Crippen molar-refractivity contribution >= 4 is 39.8 Å². The molecule has 160 valence electrons. The van der Waals surface area contributed by atoms with E-state index in [1.54, 1.807) is 25.1 Å². The molecule has 1 aliphatic carbocycles. The molecule has 1 aliphatic rings. The molecule has 0 aliphatic heterocycles. The Labute approximate surface area is 178 Å². The van der Waals surface area contributed by atoms with Gasteiger partial charge < -0.3 is 24.8 Å². The lowest BCUT2D eigenvalue weighted by Gasteiger charge is -2.12. The third-order valence-corrected chi connectivity index (χ3v) is 5.91. The summed E-state index contributed by atoms with van der Waals surface area (Å²) in [5.74, 6) is -0.236. The van der Waals surface area contributed by atoms with Gasteiger partial charge in [0, 0.05) is 16.9 Å². The van der Waals surface area contributed by atoms with Crippen molar-refractivity contribution in [3.05, 3.63) is 34.2 Å². The molecule has 8 nitrogen and oxygen atoms in total. The molecule has 2 aromatic rings. The number of carbonyl (C=O) groups excluding carboxylic acids is 3. The van der Waals surface area contributed by atoms with Gasteiger partial charge in [-0.3, -0.25) is 9.59 Å². The van der Waals surface area contributed by atoms with Gasteiger partial charge in [-0.15, -0.1) is 11.3 Å². The fourth-order valence-electron chi connectivity index (χ4n) is 2.81. The second-order valence-electron chi connectivity index (χ2n) is 6.94. The largest absolute Gasteiger partial charge is 0.497 e. The Kier molecular flexibility index (Phi) is 6.61. The van der Waals surface area contributed by atoms with Gasteiger partial charge >= 0.3 is 5.97 Å². The Morgan fingerprint density at radius 3 is 2.47 bits per heavy atom. The number of hydrogen-bond acceptors (Lipinski definition) is 7. The minimum Gasteiger partial charge on any atom is -0.497 e. The van der Waals surface area contributed by atoms with E-state index in [2.05, 4.69) is 10.6 Å². The van der Waals surface area contributed by atoms with Crippen molar-refractivity contribution in [2.45, 2.75) is 26.7 Å². The van der Waals surface area contributed by atoms with Crippen LogP contribution in [0, 0.1) is 19.8 Å². The van der Waals surface area contributed by atoms with E-state index < -0.39 is 18.5 Å². The number of hydrogen-bond donors (Lipinski definition) is 2. The number of ether oxygens (including phenoxy) is 3. The van der Waals surface area contributed by atoms with Crippen LogP contribution in [0.25, 0.3) is 0 Å². The van der Waals surface area contributed by atoms with Crippen molar-refractivity contribution < 1.29 is 28.6 Å². The Morgan fingerprint density at radius 1 is 1.10 bits per heavy atom. The maximum Gasteiger partial charge on any atom is 0.341 e. The molecule has 2 amide bonds. The summed E-state index contributed by atoms with van der Waals surface area (Å²) in [7, 11) is 3.01. The topological polar surface area (TPSA) is 103 Å². The van der Waals surface area contributed by atoms with Crippen LogP contribution in [0.5, 0.6) is 11.5 Å². The maximum absolute atomic E-state index is 12.6. The average molecular weight is 432 g/mol. The zero-order chi connectivity index (χ0) is 21.8. The Morgan fingerprint density at radius 2 is 1.83 bits per heavy atom. The molecule has 1 saturated carbocycles. The van der Waals surface area contributed by atoms with Crippen LogP contribution in [-0.4, -0.2) is 38.6 Å². The molecule has 0 unspecified atom stereocenters. The van der Waals surface area contributed by atoms with Crippen molar-refractivity contribution in [2.24, 2.45) is 5.92 Å². The molecular formula is C21H24N2O6S. The summed E-state index contributed by atoms with van der Waals surface area (Å²) in [4.78, 5) is 37.9. The van der Waals surface area contributed by atoms with E-state index in [1.165, 1.54) is 25.6 Å². The van der Waals surface area contributed by atoms with Crippen LogP contribution in [0.4, 0.5) is 10.7 Å². The summed E-state index contributed by atoms with van der Waals surface area (Å²) in [6, 6.07) is 4.94. The van der Waals surface area contributed by atoms with Crippen LogP contribution in [0.15, 0.2) is 18.2 Å². The van der Waals surface area contributed by atoms with E-state index in [1.807, 2.05) is 6.92 Å². The molecule has 1 aromatic heterocycles. The first-order chi connectivity index (χ1) is 14.3. The minimum atomic E-state index is -0.653. The predicted molar refractivity (Wildman–Crippen MR) is 114 cm³/mol. The van der Waals surface area contributed by atoms with Crippen LogP contribution < -0.4 is 20.1 Å². The minimum absolute atomic E-state index is 0.0156. The van der Waals surface area contributed by atoms with E-state index in [9.17, 15) is 14.4 Å². The van der Waals surface area contributed by atoms with E-state index in [4.69, 9.17) is 14.2 Å². The van der Waals surface area contributed by atoms with E-state index in [0.29, 0.717) is 27.8 Å². The highest BCUT2D eigenvalue weighted by Gasteiger charge is 2.31. The van der Waals surface area contributed by atoms with E-state index in [0.717, 1.165) is 23.3 Å². The fraction of sp³-hybridized carbons (Fsp3) is 0.381. The highest BCUT2D eigenvalue weighted by atomic mass is 32.1. The van der Waals surface area contributed by atoms with Gasteiger partial charge in [0.25, 0.3) is 5.91 Å². The Balaban J connectivity index is 1.64. The molecule has 1 fully saturated rings. The van der Waals surface area contributed by atoms with Crippen LogP contribution in [0.1, 0.15) is 33.6 Å². The van der Waals surface area contributed by atoms with Crippen molar-refractivity contribution in [1.29, 1.82) is 0 Å². The SMILES string of the molecule is COc1ccc(NC(=O)COC(=O)c2c(NC(=O)C3CC3)sc(C)c2C)c(OC)c1. The van der Waals surface area contributed by atoms with Crippen LogP contribution in [0.2, 0.25) is 0 Å². The average Bonchev–Trinajstić information content (AvgIpc) is 3.54. The van der Waals surface area contributed by atoms with Gasteiger partial charge in [-0.05, 0) is 44.4 Å². The first-order valence-electron chi connectivity index (χ1n) is 9.43. The number of nitrogens with one attached hydrogen (secondary N) is 2. The van der Waals surface area contributed by atoms with Crippen LogP contribution >= 0.6 is 11.3 Å². The summed E-state index contributed by atoms with van der Waals surface area (Å²) >= 11 is 1.33. The summed E-state index contributed by atoms with van der Waals surface area (Å²) in [5.41, 5.74) is 1.45. The molecule has 3 rings (SSSR count). The fourth-order valence-corrected chi connectivity index (χ4v) is 3.86. The monoisotopic (exact) mass is 432 g/mol. The molecule has 0 atom stereocenters. The number of rotatable bonds is 8. The molecule has 1 aromatic carbocycles. The Hall–Kier alpha value is -3.07. The normalized spacial score (nSPS) is 12.8. The number of amides is 2. The number of thiophene rings is 1. The smallest absolute Gasteiger partial charge is 0.341 e.